The number of morpholine rings is 1. The largest absolute Gasteiger partial charge is 0.493 e. The summed E-state index contributed by atoms with van der Waals surface area (Å²) in [7, 11) is -2.30. The van der Waals surface area contributed by atoms with Crippen LogP contribution in [0.25, 0.3) is 10.9 Å². The minimum atomic E-state index is -3.92. The molecular weight excluding hydrogens is 645 g/mol. The number of fused-ring (bicyclic) bond motifs is 1. The predicted octanol–water partition coefficient (Wildman–Crippen LogP) is 4.43. The van der Waals surface area contributed by atoms with Crippen LogP contribution in [0, 0.1) is 5.82 Å². The van der Waals surface area contributed by atoms with Crippen LogP contribution >= 0.6 is 0 Å². The molecule has 1 aliphatic heterocycles. The van der Waals surface area contributed by atoms with Crippen molar-refractivity contribution < 1.29 is 41.5 Å². The maximum atomic E-state index is 13.1. The zero-order chi connectivity index (χ0) is 34.4. The Balaban J connectivity index is 0.000000671. The Kier molecular flexibility index (Phi) is 13.8. The molecule has 0 unspecified atom stereocenters. The lowest BCUT2D eigenvalue weighted by molar-refractivity contribution is 0.0357. The van der Waals surface area contributed by atoms with Crippen LogP contribution < -0.4 is 14.8 Å². The van der Waals surface area contributed by atoms with Crippen LogP contribution in [-0.2, 0) is 26.3 Å². The number of oxime groups is 1. The molecule has 13 nitrogen and oxygen atoms in total. The van der Waals surface area contributed by atoms with Crippen LogP contribution in [0.3, 0.4) is 0 Å². The molecule has 1 aromatic heterocycles. The second kappa shape index (κ2) is 18.2. The van der Waals surface area contributed by atoms with Crippen LogP contribution in [0.4, 0.5) is 15.9 Å². The van der Waals surface area contributed by atoms with Crippen molar-refractivity contribution in [2.75, 3.05) is 64.2 Å². The number of hydrogen-bond acceptors (Lipinski definition) is 12. The zero-order valence-corrected chi connectivity index (χ0v) is 27.7. The molecule has 3 N–H and O–H groups in total. The van der Waals surface area contributed by atoms with Gasteiger partial charge in [-0.3, -0.25) is 9.45 Å². The second-order valence-electron chi connectivity index (χ2n) is 10.7. The van der Waals surface area contributed by atoms with Crippen molar-refractivity contribution >= 4 is 38.2 Å². The highest BCUT2D eigenvalue weighted by Gasteiger charge is 2.14. The molecule has 0 saturated carbocycles. The van der Waals surface area contributed by atoms with Gasteiger partial charge in [0.25, 0.3) is 10.1 Å². The van der Waals surface area contributed by atoms with Gasteiger partial charge in [-0.15, -0.1) is 0 Å². The van der Waals surface area contributed by atoms with Crippen LogP contribution in [0.1, 0.15) is 24.5 Å². The Morgan fingerprint density at radius 3 is 2.44 bits per heavy atom. The van der Waals surface area contributed by atoms with Crippen molar-refractivity contribution in [2.45, 2.75) is 20.0 Å². The summed E-state index contributed by atoms with van der Waals surface area (Å²) in [6, 6.07) is 17.8. The van der Waals surface area contributed by atoms with E-state index in [1.807, 2.05) is 43.3 Å². The molecule has 1 fully saturated rings. The van der Waals surface area contributed by atoms with Gasteiger partial charge in [-0.1, -0.05) is 29.4 Å². The third-order valence-corrected chi connectivity index (χ3v) is 7.86. The number of nitrogens with one attached hydrogen (secondary N) is 1. The fraction of sp³-hybridized carbons (Fsp3) is 0.364. The molecule has 0 atom stereocenters. The minimum Gasteiger partial charge on any atom is -0.493 e. The van der Waals surface area contributed by atoms with E-state index in [4.69, 9.17) is 28.7 Å². The maximum absolute atomic E-state index is 13.1. The van der Waals surface area contributed by atoms with E-state index in [-0.39, 0.29) is 12.4 Å². The molecule has 0 amide bonds. The van der Waals surface area contributed by atoms with Gasteiger partial charge in [-0.25, -0.2) is 14.4 Å². The van der Waals surface area contributed by atoms with E-state index in [2.05, 4.69) is 25.3 Å². The Morgan fingerprint density at radius 2 is 1.79 bits per heavy atom. The fourth-order valence-corrected chi connectivity index (χ4v) is 4.85. The molecule has 0 spiro atoms. The summed E-state index contributed by atoms with van der Waals surface area (Å²) in [5.41, 5.74) is 4.10. The highest BCUT2D eigenvalue weighted by molar-refractivity contribution is 7.85. The lowest BCUT2D eigenvalue weighted by Gasteiger charge is -2.26. The van der Waals surface area contributed by atoms with E-state index in [1.165, 1.54) is 18.5 Å². The highest BCUT2D eigenvalue weighted by Crippen LogP contribution is 2.35. The van der Waals surface area contributed by atoms with E-state index in [0.29, 0.717) is 23.9 Å². The molecule has 1 saturated heterocycles. The normalized spacial score (nSPS) is 13.8. The smallest absolute Gasteiger partial charge is 0.267 e. The number of ether oxygens (including phenoxy) is 3. The van der Waals surface area contributed by atoms with Gasteiger partial charge in [0.1, 0.15) is 24.6 Å². The Morgan fingerprint density at radius 1 is 1.06 bits per heavy atom. The first-order chi connectivity index (χ1) is 23.1. The molecule has 2 heterocycles. The number of aliphatic hydroxyl groups excluding tert-OH is 1. The molecule has 3 aromatic carbocycles. The van der Waals surface area contributed by atoms with Crippen molar-refractivity contribution in [2.24, 2.45) is 5.16 Å². The number of methoxy groups -OCH3 is 1. The van der Waals surface area contributed by atoms with Gasteiger partial charge in [0.05, 0.1) is 50.5 Å². The second-order valence-corrected chi connectivity index (χ2v) is 12.3. The first-order valence-electron chi connectivity index (χ1n) is 15.3. The fourth-order valence-electron chi connectivity index (χ4n) is 4.61. The molecule has 15 heteroatoms. The summed E-state index contributed by atoms with van der Waals surface area (Å²) in [5.74, 6) is 1.10. The van der Waals surface area contributed by atoms with Crippen molar-refractivity contribution in [1.82, 2.24) is 14.9 Å². The Hall–Kier alpha value is -4.41. The van der Waals surface area contributed by atoms with Crippen LogP contribution in [0.5, 0.6) is 11.5 Å². The first kappa shape index (κ1) is 36.4. The van der Waals surface area contributed by atoms with Gasteiger partial charge in [0, 0.05) is 36.8 Å². The topological polar surface area (TPSA) is 165 Å². The molecule has 5 rings (SSSR count). The number of aromatic nitrogens is 2. The van der Waals surface area contributed by atoms with Gasteiger partial charge in [-0.2, -0.15) is 8.42 Å². The van der Waals surface area contributed by atoms with E-state index in [9.17, 15) is 12.8 Å². The summed E-state index contributed by atoms with van der Waals surface area (Å²) >= 11 is 0. The summed E-state index contributed by atoms with van der Waals surface area (Å²) in [4.78, 5) is 16.8. The van der Waals surface area contributed by atoms with Gasteiger partial charge < -0.3 is 29.5 Å². The average Bonchev–Trinajstić information content (AvgIpc) is 3.08. The summed E-state index contributed by atoms with van der Waals surface area (Å²) in [6.45, 7) is 6.66. The van der Waals surface area contributed by atoms with Crippen molar-refractivity contribution in [3.63, 3.8) is 0 Å². The highest BCUT2D eigenvalue weighted by atomic mass is 32.2. The van der Waals surface area contributed by atoms with Crippen molar-refractivity contribution in [1.29, 1.82) is 0 Å². The number of halogens is 1. The summed E-state index contributed by atoms with van der Waals surface area (Å²) < 4.78 is 57.3. The number of nitrogens with zero attached hydrogens (tertiary/aromatic N) is 4. The van der Waals surface area contributed by atoms with Crippen LogP contribution in [-0.4, -0.2) is 97.6 Å². The quantitative estimate of drug-likeness (QED) is 0.0742. The first-order valence-corrected chi connectivity index (χ1v) is 16.9. The van der Waals surface area contributed by atoms with Gasteiger partial charge in [-0.05, 0) is 54.8 Å². The van der Waals surface area contributed by atoms with E-state index in [1.54, 1.807) is 19.2 Å². The van der Waals surface area contributed by atoms with E-state index >= 15 is 0 Å². The standard InChI is InChI=1S/C31H34FN5O4.C2H6O4S/c1-22(36-41-20-23-4-8-25(32)9-5-23)24-6-10-26(11-7-24)35-31-27-18-30(29(38-2)19-28(27)33-21-34-31)40-15-3-12-37-13-16-39-17-14-37;3-1-2-7(4,5)6/h4-11,18-19,21H,3,12-17,20H2,1-2H3,(H,33,34,35);3H,1-2H2,(H,4,5,6)/b36-22-;. The molecule has 1 aliphatic rings. The predicted molar refractivity (Wildman–Crippen MR) is 180 cm³/mol. The minimum absolute atomic E-state index is 0.266. The number of anilines is 2. The van der Waals surface area contributed by atoms with Gasteiger partial charge in [0.2, 0.25) is 0 Å². The van der Waals surface area contributed by atoms with E-state index in [0.717, 1.165) is 72.7 Å². The monoisotopic (exact) mass is 685 g/mol. The average molecular weight is 686 g/mol. The zero-order valence-electron chi connectivity index (χ0n) is 26.8. The van der Waals surface area contributed by atoms with Crippen LogP contribution in [0.2, 0.25) is 0 Å². The third-order valence-electron chi connectivity index (χ3n) is 7.16. The van der Waals surface area contributed by atoms with Crippen molar-refractivity contribution in [3.8, 4) is 11.5 Å². The summed E-state index contributed by atoms with van der Waals surface area (Å²) in [5, 5.41) is 16.3. The SMILES string of the molecule is COc1cc2ncnc(Nc3ccc(/C(C)=N\OCc4ccc(F)cc4)cc3)c2cc1OCCCN1CCOCC1.O=S(=O)(O)CCO. The lowest BCUT2D eigenvalue weighted by atomic mass is 10.1. The molecular formula is C33H40FN5O8S. The molecule has 258 valence electrons. The number of hydrogen-bond donors (Lipinski definition) is 3. The Bertz CT molecular complexity index is 1740. The van der Waals surface area contributed by atoms with Gasteiger partial charge >= 0.3 is 0 Å². The third kappa shape index (κ3) is 11.7. The number of rotatable bonds is 14. The summed E-state index contributed by atoms with van der Waals surface area (Å²) in [6.07, 6.45) is 2.43. The number of benzene rings is 3. The van der Waals surface area contributed by atoms with Gasteiger partial charge in [0.15, 0.2) is 11.5 Å². The number of aliphatic hydroxyl groups is 1. The maximum Gasteiger partial charge on any atom is 0.267 e. The van der Waals surface area contributed by atoms with Crippen molar-refractivity contribution in [3.05, 3.63) is 83.9 Å². The van der Waals surface area contributed by atoms with Crippen LogP contribution in [0.15, 0.2) is 72.1 Å². The molecule has 4 aromatic rings. The Labute approximate surface area is 279 Å². The molecule has 0 radical (unpaired) electrons. The molecule has 48 heavy (non-hydrogen) atoms. The van der Waals surface area contributed by atoms with E-state index < -0.39 is 22.5 Å². The molecule has 0 bridgehead atoms. The lowest BCUT2D eigenvalue weighted by Crippen LogP contribution is -2.37. The molecule has 0 aliphatic carbocycles.